The summed E-state index contributed by atoms with van der Waals surface area (Å²) in [4.78, 5) is 0. The quantitative estimate of drug-likeness (QED) is 0.451. The number of para-hydroxylation sites is 1. The van der Waals surface area contributed by atoms with Crippen LogP contribution in [0.3, 0.4) is 0 Å². The molecule has 0 saturated heterocycles. The maximum Gasteiger partial charge on any atom is 0.123 e. The second-order valence-corrected chi connectivity index (χ2v) is 6.83. The van der Waals surface area contributed by atoms with Crippen LogP contribution in [0, 0.1) is 0 Å². The van der Waals surface area contributed by atoms with E-state index in [1.54, 1.807) is 6.07 Å². The highest BCUT2D eigenvalue weighted by atomic mass is 16.3. The molecule has 0 bridgehead atoms. The van der Waals surface area contributed by atoms with Crippen molar-refractivity contribution in [2.75, 3.05) is 0 Å². The maximum atomic E-state index is 10.2. The molecule has 1 nitrogen and oxygen atoms in total. The maximum absolute atomic E-state index is 10.2. The van der Waals surface area contributed by atoms with Crippen molar-refractivity contribution in [3.8, 4) is 16.9 Å². The number of hydrogen-bond donors (Lipinski definition) is 1. The normalized spacial score (nSPS) is 10.7. The summed E-state index contributed by atoms with van der Waals surface area (Å²) in [6.07, 6.45) is 1.79. The highest BCUT2D eigenvalue weighted by Gasteiger charge is 2.10. The van der Waals surface area contributed by atoms with Gasteiger partial charge in [0.05, 0.1) is 0 Å². The van der Waals surface area contributed by atoms with Crippen LogP contribution in [-0.4, -0.2) is 5.11 Å². The van der Waals surface area contributed by atoms with Gasteiger partial charge < -0.3 is 5.11 Å². The lowest BCUT2D eigenvalue weighted by molar-refractivity contribution is 0.477. The van der Waals surface area contributed by atoms with Crippen molar-refractivity contribution < 1.29 is 5.11 Å². The van der Waals surface area contributed by atoms with Gasteiger partial charge in [-0.05, 0) is 46.7 Å². The first-order valence-electron chi connectivity index (χ1n) is 9.27. The second-order valence-electron chi connectivity index (χ2n) is 6.83. The molecule has 0 saturated carbocycles. The molecule has 132 valence electrons. The van der Waals surface area contributed by atoms with E-state index < -0.39 is 0 Å². The number of hydrogen-bond acceptors (Lipinski definition) is 1. The first-order valence-corrected chi connectivity index (χ1v) is 9.27. The van der Waals surface area contributed by atoms with Crippen molar-refractivity contribution in [2.45, 2.75) is 12.8 Å². The summed E-state index contributed by atoms with van der Waals surface area (Å²) in [5, 5.41) is 10.2. The average molecular weight is 350 g/mol. The average Bonchev–Trinajstić information content (AvgIpc) is 2.71. The molecule has 1 heteroatoms. The van der Waals surface area contributed by atoms with E-state index in [1.807, 2.05) is 24.3 Å². The molecule has 0 fully saturated rings. The fourth-order valence-electron chi connectivity index (χ4n) is 3.48. The molecule has 1 N–H and O–H groups in total. The number of rotatable bonds is 5. The van der Waals surface area contributed by atoms with Crippen molar-refractivity contribution in [3.05, 3.63) is 125 Å². The predicted octanol–water partition coefficient (Wildman–Crippen LogP) is 6.24. The van der Waals surface area contributed by atoms with E-state index in [1.165, 1.54) is 22.3 Å². The predicted molar refractivity (Wildman–Crippen MR) is 112 cm³/mol. The Hall–Kier alpha value is -3.32. The molecule has 0 aliphatic carbocycles. The van der Waals surface area contributed by atoms with Crippen LogP contribution in [0.5, 0.6) is 5.75 Å². The Morgan fingerprint density at radius 3 is 1.70 bits per heavy atom. The Morgan fingerprint density at radius 1 is 0.519 bits per heavy atom. The molecule has 4 rings (SSSR count). The van der Waals surface area contributed by atoms with Crippen LogP contribution in [0.15, 0.2) is 103 Å². The Morgan fingerprint density at radius 2 is 1.07 bits per heavy atom. The van der Waals surface area contributed by atoms with Crippen LogP contribution in [0.2, 0.25) is 0 Å². The van der Waals surface area contributed by atoms with Gasteiger partial charge in [0.15, 0.2) is 0 Å². The van der Waals surface area contributed by atoms with Gasteiger partial charge in [0.25, 0.3) is 0 Å². The van der Waals surface area contributed by atoms with E-state index >= 15 is 0 Å². The second kappa shape index (κ2) is 7.92. The van der Waals surface area contributed by atoms with Crippen molar-refractivity contribution in [1.82, 2.24) is 0 Å². The molecule has 0 atom stereocenters. The number of benzene rings is 4. The van der Waals surface area contributed by atoms with Crippen LogP contribution in [0.1, 0.15) is 22.3 Å². The molecular formula is C26H22O. The van der Waals surface area contributed by atoms with Gasteiger partial charge in [-0.25, -0.2) is 0 Å². The third kappa shape index (κ3) is 4.09. The molecule has 4 aromatic rings. The fraction of sp³-hybridized carbons (Fsp3) is 0.0769. The van der Waals surface area contributed by atoms with E-state index in [0.29, 0.717) is 5.75 Å². The van der Waals surface area contributed by atoms with E-state index in [2.05, 4.69) is 72.8 Å². The zero-order valence-electron chi connectivity index (χ0n) is 15.2. The smallest absolute Gasteiger partial charge is 0.123 e. The Bertz CT molecular complexity index is 1020. The van der Waals surface area contributed by atoms with Gasteiger partial charge in [0.2, 0.25) is 0 Å². The standard InChI is InChI=1S/C26H22O/c27-26-14-8-7-13-25(26)23-16-15-22(17-20-9-3-1-4-10-20)24(19-23)18-21-11-5-2-6-12-21/h1-16,19,27H,17-18H2. The van der Waals surface area contributed by atoms with Crippen molar-refractivity contribution in [3.63, 3.8) is 0 Å². The van der Waals surface area contributed by atoms with Crippen LogP contribution in [0.4, 0.5) is 0 Å². The van der Waals surface area contributed by atoms with Gasteiger partial charge in [0, 0.05) is 5.56 Å². The molecule has 27 heavy (non-hydrogen) atoms. The van der Waals surface area contributed by atoms with Crippen molar-refractivity contribution in [1.29, 1.82) is 0 Å². The summed E-state index contributed by atoms with van der Waals surface area (Å²) in [7, 11) is 0. The lowest BCUT2D eigenvalue weighted by Gasteiger charge is -2.14. The molecule has 0 aliphatic rings. The lowest BCUT2D eigenvalue weighted by Crippen LogP contribution is -1.98. The summed E-state index contributed by atoms with van der Waals surface area (Å²) >= 11 is 0. The van der Waals surface area contributed by atoms with Crippen LogP contribution < -0.4 is 0 Å². The van der Waals surface area contributed by atoms with Gasteiger partial charge in [0.1, 0.15) is 5.75 Å². The van der Waals surface area contributed by atoms with E-state index in [9.17, 15) is 5.11 Å². The Balaban J connectivity index is 1.75. The SMILES string of the molecule is Oc1ccccc1-c1ccc(Cc2ccccc2)c(Cc2ccccc2)c1. The van der Waals surface area contributed by atoms with Crippen molar-refractivity contribution in [2.24, 2.45) is 0 Å². The largest absolute Gasteiger partial charge is 0.507 e. The number of phenols is 1. The molecule has 0 aromatic heterocycles. The van der Waals surface area contributed by atoms with E-state index in [4.69, 9.17) is 0 Å². The molecule has 0 heterocycles. The number of aromatic hydroxyl groups is 1. The van der Waals surface area contributed by atoms with Crippen LogP contribution in [0.25, 0.3) is 11.1 Å². The first kappa shape index (κ1) is 17.1. The first-order chi connectivity index (χ1) is 13.3. The summed E-state index contributed by atoms with van der Waals surface area (Å²) in [5.41, 5.74) is 7.15. The highest BCUT2D eigenvalue weighted by molar-refractivity contribution is 5.71. The Labute approximate surface area is 160 Å². The summed E-state index contributed by atoms with van der Waals surface area (Å²) < 4.78 is 0. The van der Waals surface area contributed by atoms with Crippen LogP contribution >= 0.6 is 0 Å². The van der Waals surface area contributed by atoms with E-state index in [0.717, 1.165) is 24.0 Å². The third-order valence-corrected chi connectivity index (χ3v) is 4.90. The Kier molecular flexibility index (Phi) is 5.02. The topological polar surface area (TPSA) is 20.2 Å². The van der Waals surface area contributed by atoms with E-state index in [-0.39, 0.29) is 0 Å². The molecule has 0 aliphatic heterocycles. The minimum Gasteiger partial charge on any atom is -0.507 e. The summed E-state index contributed by atoms with van der Waals surface area (Å²) in [5.74, 6) is 0.318. The van der Waals surface area contributed by atoms with Gasteiger partial charge in [-0.15, -0.1) is 0 Å². The monoisotopic (exact) mass is 350 g/mol. The number of phenolic OH excluding ortho intramolecular Hbond substituents is 1. The lowest BCUT2D eigenvalue weighted by atomic mass is 9.91. The highest BCUT2D eigenvalue weighted by Crippen LogP contribution is 2.31. The zero-order valence-corrected chi connectivity index (χ0v) is 15.2. The van der Waals surface area contributed by atoms with Gasteiger partial charge in [-0.1, -0.05) is 97.1 Å². The molecule has 0 radical (unpaired) electrons. The minimum absolute atomic E-state index is 0.318. The van der Waals surface area contributed by atoms with Crippen molar-refractivity contribution >= 4 is 0 Å². The minimum atomic E-state index is 0.318. The molecule has 4 aromatic carbocycles. The molecule has 0 amide bonds. The summed E-state index contributed by atoms with van der Waals surface area (Å²) in [6, 6.07) is 35.2. The molecule has 0 spiro atoms. The third-order valence-electron chi connectivity index (χ3n) is 4.90. The van der Waals surface area contributed by atoms with Crippen LogP contribution in [-0.2, 0) is 12.8 Å². The zero-order chi connectivity index (χ0) is 18.5. The summed E-state index contributed by atoms with van der Waals surface area (Å²) in [6.45, 7) is 0. The fourth-order valence-corrected chi connectivity index (χ4v) is 3.48. The van der Waals surface area contributed by atoms with Gasteiger partial charge in [-0.3, -0.25) is 0 Å². The molecular weight excluding hydrogens is 328 g/mol. The van der Waals surface area contributed by atoms with Gasteiger partial charge in [-0.2, -0.15) is 0 Å². The molecule has 0 unspecified atom stereocenters. The van der Waals surface area contributed by atoms with Gasteiger partial charge >= 0.3 is 0 Å².